The summed E-state index contributed by atoms with van der Waals surface area (Å²) in [5.74, 6) is -1.03. The largest absolute Gasteiger partial charge is 0.478 e. The number of carboxylic acid groups (broad SMARTS) is 1. The third-order valence-electron chi connectivity index (χ3n) is 4.77. The van der Waals surface area contributed by atoms with Crippen molar-refractivity contribution in [1.29, 1.82) is 0 Å². The van der Waals surface area contributed by atoms with Crippen LogP contribution in [-0.2, 0) is 4.79 Å². The number of hydrogen-bond donors (Lipinski definition) is 3. The fourth-order valence-electron chi connectivity index (χ4n) is 3.05. The van der Waals surface area contributed by atoms with Crippen LogP contribution in [0, 0.1) is 0 Å². The first-order valence-electron chi connectivity index (χ1n) is 10.1. The monoisotopic (exact) mass is 457 g/mol. The second-order valence-electron chi connectivity index (χ2n) is 7.12. The second kappa shape index (κ2) is 10.1. The van der Waals surface area contributed by atoms with Crippen molar-refractivity contribution in [1.82, 2.24) is 10.7 Å². The minimum absolute atomic E-state index is 0.0360. The molecule has 3 aromatic carbocycles. The molecule has 0 atom stereocenters. The highest BCUT2D eigenvalue weighted by Crippen LogP contribution is 2.33. The molecule has 170 valence electrons. The third kappa shape index (κ3) is 5.46. The smallest absolute Gasteiger partial charge is 0.335 e. The molecule has 4 rings (SSSR count). The van der Waals surface area contributed by atoms with Crippen LogP contribution >= 0.6 is 0 Å². The van der Waals surface area contributed by atoms with Crippen molar-refractivity contribution in [2.24, 2.45) is 5.10 Å². The van der Waals surface area contributed by atoms with Crippen LogP contribution in [0.4, 0.5) is 0 Å². The summed E-state index contributed by atoms with van der Waals surface area (Å²) in [7, 11) is 0. The number of ether oxygens (including phenoxy) is 2. The summed E-state index contributed by atoms with van der Waals surface area (Å²) >= 11 is 0. The molecule has 2 amide bonds. The fourth-order valence-corrected chi connectivity index (χ4v) is 3.05. The predicted molar refractivity (Wildman–Crippen MR) is 124 cm³/mol. The molecule has 1 aliphatic rings. The van der Waals surface area contributed by atoms with Crippen molar-refractivity contribution < 1.29 is 29.0 Å². The Morgan fingerprint density at radius 1 is 0.853 bits per heavy atom. The number of nitrogens with one attached hydrogen (secondary N) is 2. The Balaban J connectivity index is 1.53. The van der Waals surface area contributed by atoms with Crippen molar-refractivity contribution in [3.05, 3.63) is 101 Å². The molecule has 0 bridgehead atoms. The van der Waals surface area contributed by atoms with E-state index in [1.807, 2.05) is 0 Å². The molecule has 9 heteroatoms. The van der Waals surface area contributed by atoms with Gasteiger partial charge in [0.15, 0.2) is 11.5 Å². The Labute approximate surface area is 194 Å². The molecule has 0 radical (unpaired) electrons. The van der Waals surface area contributed by atoms with Crippen LogP contribution in [0.5, 0.6) is 11.5 Å². The molecule has 1 aliphatic heterocycles. The van der Waals surface area contributed by atoms with Crippen molar-refractivity contribution in [3.63, 3.8) is 0 Å². The zero-order chi connectivity index (χ0) is 23.9. The summed E-state index contributed by atoms with van der Waals surface area (Å²) in [4.78, 5) is 36.4. The molecule has 0 saturated carbocycles. The Kier molecular flexibility index (Phi) is 6.64. The summed E-state index contributed by atoms with van der Waals surface area (Å²) in [6.45, 7) is 0.114. The highest BCUT2D eigenvalue weighted by atomic mass is 16.7. The number of rotatable bonds is 7. The van der Waals surface area contributed by atoms with Gasteiger partial charge in [-0.05, 0) is 53.6 Å². The SMILES string of the molecule is O=C(NN=Cc1ccc(C(=O)O)cc1)C(=Cc1ccc2c(c1)OCO2)NC(=O)c1ccccc1. The maximum atomic E-state index is 12.8. The summed E-state index contributed by atoms with van der Waals surface area (Å²) in [5, 5.41) is 15.5. The lowest BCUT2D eigenvalue weighted by Crippen LogP contribution is -2.32. The van der Waals surface area contributed by atoms with E-state index in [4.69, 9.17) is 14.6 Å². The van der Waals surface area contributed by atoms with E-state index >= 15 is 0 Å². The van der Waals surface area contributed by atoms with Gasteiger partial charge in [-0.25, -0.2) is 10.2 Å². The molecule has 34 heavy (non-hydrogen) atoms. The Hall–Kier alpha value is -4.92. The average molecular weight is 457 g/mol. The lowest BCUT2D eigenvalue weighted by atomic mass is 10.1. The van der Waals surface area contributed by atoms with Gasteiger partial charge in [-0.3, -0.25) is 9.59 Å². The highest BCUT2D eigenvalue weighted by molar-refractivity contribution is 6.05. The van der Waals surface area contributed by atoms with Gasteiger partial charge >= 0.3 is 5.97 Å². The Morgan fingerprint density at radius 3 is 2.29 bits per heavy atom. The van der Waals surface area contributed by atoms with Crippen molar-refractivity contribution in [3.8, 4) is 11.5 Å². The van der Waals surface area contributed by atoms with Gasteiger partial charge in [0, 0.05) is 5.56 Å². The third-order valence-corrected chi connectivity index (χ3v) is 4.77. The number of benzene rings is 3. The standard InChI is InChI=1S/C25H19N3O6/c29-23(18-4-2-1-3-5-18)27-20(12-17-8-11-21-22(13-17)34-15-33-21)24(30)28-26-14-16-6-9-19(10-7-16)25(31)32/h1-14H,15H2,(H,27,29)(H,28,30)(H,31,32). The van der Waals surface area contributed by atoms with Crippen LogP contribution in [0.15, 0.2) is 83.6 Å². The topological polar surface area (TPSA) is 126 Å². The number of hydrazone groups is 1. The predicted octanol–water partition coefficient (Wildman–Crippen LogP) is 3.03. The van der Waals surface area contributed by atoms with Gasteiger partial charge in [0.25, 0.3) is 11.8 Å². The Morgan fingerprint density at radius 2 is 1.56 bits per heavy atom. The minimum atomic E-state index is -1.04. The number of carboxylic acids is 1. The number of hydrogen-bond acceptors (Lipinski definition) is 6. The van der Waals surface area contributed by atoms with E-state index in [1.165, 1.54) is 24.4 Å². The first-order valence-corrected chi connectivity index (χ1v) is 10.1. The summed E-state index contributed by atoms with van der Waals surface area (Å²) in [5.41, 5.74) is 4.05. The molecule has 1 heterocycles. The highest BCUT2D eigenvalue weighted by Gasteiger charge is 2.16. The van der Waals surface area contributed by atoms with E-state index < -0.39 is 17.8 Å². The lowest BCUT2D eigenvalue weighted by Gasteiger charge is -2.09. The molecule has 0 fully saturated rings. The minimum Gasteiger partial charge on any atom is -0.478 e. The first kappa shape index (κ1) is 22.3. The van der Waals surface area contributed by atoms with E-state index in [2.05, 4.69) is 15.8 Å². The zero-order valence-electron chi connectivity index (χ0n) is 17.7. The van der Waals surface area contributed by atoms with Crippen molar-refractivity contribution >= 4 is 30.1 Å². The van der Waals surface area contributed by atoms with Crippen LogP contribution in [0.3, 0.4) is 0 Å². The summed E-state index contributed by atoms with van der Waals surface area (Å²) in [6, 6.07) is 19.6. The number of carbonyl (C=O) groups excluding carboxylic acids is 2. The van der Waals surface area contributed by atoms with Crippen LogP contribution in [0.25, 0.3) is 6.08 Å². The summed E-state index contributed by atoms with van der Waals surface area (Å²) in [6.07, 6.45) is 2.86. The van der Waals surface area contributed by atoms with E-state index in [0.717, 1.165) is 0 Å². The molecule has 0 unspecified atom stereocenters. The van der Waals surface area contributed by atoms with Gasteiger partial charge in [-0.2, -0.15) is 5.10 Å². The molecule has 0 aliphatic carbocycles. The van der Waals surface area contributed by atoms with E-state index in [-0.39, 0.29) is 18.1 Å². The Bertz CT molecular complexity index is 1280. The maximum absolute atomic E-state index is 12.8. The van der Waals surface area contributed by atoms with Gasteiger partial charge in [-0.1, -0.05) is 36.4 Å². The van der Waals surface area contributed by atoms with Crippen LogP contribution in [0.1, 0.15) is 31.8 Å². The van der Waals surface area contributed by atoms with Crippen LogP contribution in [-0.4, -0.2) is 35.9 Å². The van der Waals surface area contributed by atoms with Crippen molar-refractivity contribution in [2.75, 3.05) is 6.79 Å². The molecule has 0 spiro atoms. The van der Waals surface area contributed by atoms with Gasteiger partial charge in [-0.15, -0.1) is 0 Å². The quantitative estimate of drug-likeness (QED) is 0.284. The zero-order valence-corrected chi connectivity index (χ0v) is 17.7. The average Bonchev–Trinajstić information content (AvgIpc) is 3.32. The number of carbonyl (C=O) groups is 3. The molecule has 3 aromatic rings. The molecular formula is C25H19N3O6. The molecule has 0 saturated heterocycles. The lowest BCUT2D eigenvalue weighted by molar-refractivity contribution is -0.117. The maximum Gasteiger partial charge on any atom is 0.335 e. The fraction of sp³-hybridized carbons (Fsp3) is 0.0400. The normalized spacial score (nSPS) is 12.4. The van der Waals surface area contributed by atoms with Crippen LogP contribution in [0.2, 0.25) is 0 Å². The van der Waals surface area contributed by atoms with Gasteiger partial charge in [0.2, 0.25) is 6.79 Å². The molecule has 0 aromatic heterocycles. The van der Waals surface area contributed by atoms with Gasteiger partial charge in [0.05, 0.1) is 11.8 Å². The second-order valence-corrected chi connectivity index (χ2v) is 7.12. The van der Waals surface area contributed by atoms with Gasteiger partial charge in [0.1, 0.15) is 5.70 Å². The number of amides is 2. The van der Waals surface area contributed by atoms with E-state index in [9.17, 15) is 14.4 Å². The molecule has 9 nitrogen and oxygen atoms in total. The number of nitrogens with zero attached hydrogens (tertiary/aromatic N) is 1. The van der Waals surface area contributed by atoms with Crippen molar-refractivity contribution in [2.45, 2.75) is 0 Å². The van der Waals surface area contributed by atoms with E-state index in [0.29, 0.717) is 28.2 Å². The summed E-state index contributed by atoms with van der Waals surface area (Å²) < 4.78 is 10.7. The number of aromatic carboxylic acids is 1. The molecule has 3 N–H and O–H groups in total. The number of fused-ring (bicyclic) bond motifs is 1. The molecular weight excluding hydrogens is 438 g/mol. The van der Waals surface area contributed by atoms with E-state index in [1.54, 1.807) is 60.7 Å². The first-order chi connectivity index (χ1) is 16.5. The van der Waals surface area contributed by atoms with Crippen LogP contribution < -0.4 is 20.2 Å². The van der Waals surface area contributed by atoms with Gasteiger partial charge < -0.3 is 19.9 Å².